The van der Waals surface area contributed by atoms with E-state index < -0.39 is 0 Å². The lowest BCUT2D eigenvalue weighted by Crippen LogP contribution is -2.39. The summed E-state index contributed by atoms with van der Waals surface area (Å²) >= 11 is 5.38. The minimum atomic E-state index is -0.338. The predicted octanol–water partition coefficient (Wildman–Crippen LogP) is 5.64. The number of rotatable bonds is 8. The van der Waals surface area contributed by atoms with Gasteiger partial charge in [0.1, 0.15) is 5.75 Å². The molecule has 0 spiro atoms. The van der Waals surface area contributed by atoms with E-state index in [1.807, 2.05) is 30.1 Å². The number of carbonyl (C=O) groups is 2. The van der Waals surface area contributed by atoms with Crippen LogP contribution >= 0.6 is 12.2 Å². The van der Waals surface area contributed by atoms with E-state index in [1.165, 1.54) is 6.42 Å². The fraction of sp³-hybridized carbons (Fsp3) is 0.444. The molecule has 3 rings (SSSR count). The lowest BCUT2D eigenvalue weighted by atomic mass is 9.94. The third-order valence-corrected chi connectivity index (χ3v) is 6.34. The number of ether oxygens (including phenoxy) is 1. The fourth-order valence-electron chi connectivity index (χ4n) is 4.07. The van der Waals surface area contributed by atoms with Gasteiger partial charge in [-0.25, -0.2) is 0 Å². The monoisotopic (exact) mass is 481 g/mol. The molecule has 1 aliphatic carbocycles. The van der Waals surface area contributed by atoms with E-state index in [9.17, 15) is 9.59 Å². The lowest BCUT2D eigenvalue weighted by Gasteiger charge is -2.31. The van der Waals surface area contributed by atoms with Crippen LogP contribution in [0.25, 0.3) is 0 Å². The quantitative estimate of drug-likeness (QED) is 0.477. The zero-order chi connectivity index (χ0) is 24.5. The van der Waals surface area contributed by atoms with Crippen LogP contribution in [-0.2, 0) is 0 Å². The zero-order valence-electron chi connectivity index (χ0n) is 20.3. The van der Waals surface area contributed by atoms with E-state index in [0.29, 0.717) is 35.1 Å². The highest BCUT2D eigenvalue weighted by molar-refractivity contribution is 7.80. The Labute approximate surface area is 208 Å². The third-order valence-electron chi connectivity index (χ3n) is 6.14. The second-order valence-corrected chi connectivity index (χ2v) is 9.63. The topological polar surface area (TPSA) is 70.7 Å². The van der Waals surface area contributed by atoms with Crippen LogP contribution in [0.4, 0.5) is 5.69 Å². The fourth-order valence-corrected chi connectivity index (χ4v) is 4.27. The van der Waals surface area contributed by atoms with Gasteiger partial charge in [-0.05, 0) is 67.7 Å². The van der Waals surface area contributed by atoms with Crippen molar-refractivity contribution >= 4 is 34.8 Å². The van der Waals surface area contributed by atoms with Crippen LogP contribution in [0.5, 0.6) is 5.75 Å². The molecule has 6 nitrogen and oxygen atoms in total. The average Bonchev–Trinajstić information content (AvgIpc) is 2.84. The molecule has 0 unspecified atom stereocenters. The summed E-state index contributed by atoms with van der Waals surface area (Å²) in [5.41, 5.74) is 1.56. The van der Waals surface area contributed by atoms with Gasteiger partial charge in [-0.15, -0.1) is 0 Å². The van der Waals surface area contributed by atoms with E-state index in [1.54, 1.807) is 30.3 Å². The minimum absolute atomic E-state index is 0.0459. The Hall–Kier alpha value is -2.93. The molecule has 0 atom stereocenters. The number of hydrogen-bond acceptors (Lipinski definition) is 4. The molecule has 182 valence electrons. The Morgan fingerprint density at radius 1 is 1.09 bits per heavy atom. The molecule has 0 aromatic heterocycles. The van der Waals surface area contributed by atoms with E-state index in [0.717, 1.165) is 32.1 Å². The first-order valence-electron chi connectivity index (χ1n) is 12.1. The van der Waals surface area contributed by atoms with Gasteiger partial charge in [-0.2, -0.15) is 0 Å². The number of amides is 2. The van der Waals surface area contributed by atoms with Crippen LogP contribution in [0.1, 0.15) is 73.1 Å². The van der Waals surface area contributed by atoms with Crippen molar-refractivity contribution in [1.82, 2.24) is 10.2 Å². The summed E-state index contributed by atoms with van der Waals surface area (Å²) in [6, 6.07) is 14.5. The molecule has 34 heavy (non-hydrogen) atoms. The minimum Gasteiger partial charge on any atom is -0.494 e. The van der Waals surface area contributed by atoms with Crippen LogP contribution in [0.15, 0.2) is 48.5 Å². The van der Waals surface area contributed by atoms with Crippen molar-refractivity contribution in [3.8, 4) is 5.75 Å². The molecule has 1 fully saturated rings. The van der Waals surface area contributed by atoms with Gasteiger partial charge in [0.2, 0.25) is 0 Å². The highest BCUT2D eigenvalue weighted by atomic mass is 32.1. The first kappa shape index (κ1) is 25.7. The van der Waals surface area contributed by atoms with Crippen LogP contribution in [0.3, 0.4) is 0 Å². The summed E-state index contributed by atoms with van der Waals surface area (Å²) in [7, 11) is 1.87. The summed E-state index contributed by atoms with van der Waals surface area (Å²) in [6.45, 7) is 4.88. The number of carbonyl (C=O) groups excluding carboxylic acids is 2. The van der Waals surface area contributed by atoms with Gasteiger partial charge in [0.25, 0.3) is 11.8 Å². The van der Waals surface area contributed by atoms with E-state index in [4.69, 9.17) is 17.0 Å². The maximum atomic E-state index is 13.2. The van der Waals surface area contributed by atoms with Crippen molar-refractivity contribution in [2.75, 3.05) is 19.0 Å². The molecule has 0 heterocycles. The summed E-state index contributed by atoms with van der Waals surface area (Å²) in [5, 5.41) is 5.87. The number of nitrogens with one attached hydrogen (secondary N) is 2. The maximum absolute atomic E-state index is 13.2. The number of benzene rings is 2. The molecular formula is C27H35N3O3S. The molecule has 2 N–H and O–H groups in total. The molecule has 0 radical (unpaired) electrons. The smallest absolute Gasteiger partial charge is 0.257 e. The molecule has 0 bridgehead atoms. The molecule has 7 heteroatoms. The van der Waals surface area contributed by atoms with Crippen LogP contribution in [-0.4, -0.2) is 41.5 Å². The number of para-hydroxylation sites is 1. The van der Waals surface area contributed by atoms with Gasteiger partial charge in [0, 0.05) is 18.7 Å². The second kappa shape index (κ2) is 12.5. The number of anilines is 1. The Bertz CT molecular complexity index is 1000. The Balaban J connectivity index is 1.62. The van der Waals surface area contributed by atoms with Crippen LogP contribution in [0.2, 0.25) is 0 Å². The van der Waals surface area contributed by atoms with E-state index >= 15 is 0 Å². The molecule has 1 saturated carbocycles. The van der Waals surface area contributed by atoms with Crippen molar-refractivity contribution in [1.29, 1.82) is 0 Å². The standard InChI is InChI=1S/C27H35N3O3S/c1-19(2)16-17-33-22-13-9-10-20(18-22)25(31)29-27(34)28-24-15-8-7-14-23(24)26(32)30(3)21-11-5-4-6-12-21/h7-10,13-15,18-19,21H,4-6,11-12,16-17H2,1-3H3,(H2,28,29,31,34). The maximum Gasteiger partial charge on any atom is 0.257 e. The lowest BCUT2D eigenvalue weighted by molar-refractivity contribution is 0.0697. The van der Waals surface area contributed by atoms with Crippen molar-refractivity contribution in [2.24, 2.45) is 5.92 Å². The first-order chi connectivity index (χ1) is 16.3. The highest BCUT2D eigenvalue weighted by Gasteiger charge is 2.24. The SMILES string of the molecule is CC(C)CCOc1cccc(C(=O)NC(=S)Nc2ccccc2C(=O)N(C)C2CCCCC2)c1. The Morgan fingerprint density at radius 2 is 1.82 bits per heavy atom. The molecular weight excluding hydrogens is 446 g/mol. The molecule has 0 saturated heterocycles. The molecule has 0 aliphatic heterocycles. The Morgan fingerprint density at radius 3 is 2.56 bits per heavy atom. The highest BCUT2D eigenvalue weighted by Crippen LogP contribution is 2.25. The Kier molecular flexibility index (Phi) is 9.45. The third kappa shape index (κ3) is 7.29. The summed E-state index contributed by atoms with van der Waals surface area (Å²) in [5.74, 6) is 0.811. The van der Waals surface area contributed by atoms with E-state index in [2.05, 4.69) is 24.5 Å². The average molecular weight is 482 g/mol. The summed E-state index contributed by atoms with van der Waals surface area (Å²) in [6.07, 6.45) is 6.56. The van der Waals surface area contributed by atoms with E-state index in [-0.39, 0.29) is 23.0 Å². The largest absolute Gasteiger partial charge is 0.494 e. The van der Waals surface area contributed by atoms with Gasteiger partial charge < -0.3 is 15.0 Å². The second-order valence-electron chi connectivity index (χ2n) is 9.22. The summed E-state index contributed by atoms with van der Waals surface area (Å²) < 4.78 is 5.75. The van der Waals surface area contributed by atoms with Gasteiger partial charge in [0.05, 0.1) is 17.9 Å². The zero-order valence-corrected chi connectivity index (χ0v) is 21.1. The molecule has 2 aromatic carbocycles. The summed E-state index contributed by atoms with van der Waals surface area (Å²) in [4.78, 5) is 27.8. The van der Waals surface area contributed by atoms with Gasteiger partial charge >= 0.3 is 0 Å². The van der Waals surface area contributed by atoms with Gasteiger partial charge in [0.15, 0.2) is 5.11 Å². The van der Waals surface area contributed by atoms with Crippen molar-refractivity contribution in [3.63, 3.8) is 0 Å². The molecule has 2 aromatic rings. The normalized spacial score (nSPS) is 13.9. The molecule has 1 aliphatic rings. The van der Waals surface area contributed by atoms with Gasteiger partial charge in [-0.3, -0.25) is 14.9 Å². The van der Waals surface area contributed by atoms with Crippen molar-refractivity contribution in [2.45, 2.75) is 58.4 Å². The van der Waals surface area contributed by atoms with Crippen LogP contribution < -0.4 is 15.4 Å². The van der Waals surface area contributed by atoms with Crippen LogP contribution in [0, 0.1) is 5.92 Å². The predicted molar refractivity (Wildman–Crippen MR) is 140 cm³/mol. The van der Waals surface area contributed by atoms with Crippen molar-refractivity contribution in [3.05, 3.63) is 59.7 Å². The number of hydrogen-bond donors (Lipinski definition) is 2. The number of thiocarbonyl (C=S) groups is 1. The molecule has 2 amide bonds. The van der Waals surface area contributed by atoms with Gasteiger partial charge in [-0.1, -0.05) is 51.3 Å². The number of nitrogens with zero attached hydrogens (tertiary/aromatic N) is 1. The first-order valence-corrected chi connectivity index (χ1v) is 12.5. The van der Waals surface area contributed by atoms with Crippen molar-refractivity contribution < 1.29 is 14.3 Å².